The first-order valence-electron chi connectivity index (χ1n) is 7.50. The molecular weight excluding hydrogens is 296 g/mol. The van der Waals surface area contributed by atoms with Crippen molar-refractivity contribution in [3.05, 3.63) is 41.7 Å². The summed E-state index contributed by atoms with van der Waals surface area (Å²) in [6, 6.07) is 4.97. The fourth-order valence-corrected chi connectivity index (χ4v) is 2.10. The van der Waals surface area contributed by atoms with Crippen molar-refractivity contribution in [1.82, 2.24) is 15.1 Å². The molecule has 0 saturated carbocycles. The third-order valence-corrected chi connectivity index (χ3v) is 3.40. The molecule has 0 atom stereocenters. The van der Waals surface area contributed by atoms with E-state index in [0.717, 1.165) is 5.56 Å². The van der Waals surface area contributed by atoms with Crippen LogP contribution < -0.4 is 10.6 Å². The Kier molecular flexibility index (Phi) is 5.59. The third-order valence-electron chi connectivity index (χ3n) is 3.40. The van der Waals surface area contributed by atoms with Gasteiger partial charge in [-0.3, -0.25) is 4.68 Å². The van der Waals surface area contributed by atoms with E-state index in [1.54, 1.807) is 35.3 Å². The van der Waals surface area contributed by atoms with E-state index in [9.17, 15) is 9.90 Å². The van der Waals surface area contributed by atoms with Gasteiger partial charge >= 0.3 is 6.03 Å². The van der Waals surface area contributed by atoms with Crippen LogP contribution in [0.1, 0.15) is 31.0 Å². The minimum absolute atomic E-state index is 0.0733. The Morgan fingerprint density at radius 1 is 1.39 bits per heavy atom. The molecule has 0 spiro atoms. The molecular formula is C16H22N4O3. The molecule has 0 aliphatic carbocycles. The zero-order valence-corrected chi connectivity index (χ0v) is 13.3. The zero-order valence-electron chi connectivity index (χ0n) is 13.3. The lowest BCUT2D eigenvalue weighted by Gasteiger charge is -2.08. The number of urea groups is 1. The number of benzene rings is 1. The van der Waals surface area contributed by atoms with Gasteiger partial charge in [-0.15, -0.1) is 0 Å². The molecule has 2 rings (SSSR count). The Labute approximate surface area is 135 Å². The van der Waals surface area contributed by atoms with Gasteiger partial charge in [-0.2, -0.15) is 5.10 Å². The maximum atomic E-state index is 11.8. The average Bonchev–Trinajstić information content (AvgIpc) is 2.97. The highest BCUT2D eigenvalue weighted by Gasteiger charge is 2.06. The Morgan fingerprint density at radius 3 is 2.83 bits per heavy atom. The van der Waals surface area contributed by atoms with Gasteiger partial charge in [-0.05, 0) is 38.0 Å². The highest BCUT2D eigenvalue weighted by molar-refractivity contribution is 5.88. The predicted molar refractivity (Wildman–Crippen MR) is 87.4 cm³/mol. The summed E-state index contributed by atoms with van der Waals surface area (Å²) in [5, 5.41) is 28.3. The topological polar surface area (TPSA) is 99.4 Å². The number of aliphatic hydroxyl groups excluding tert-OH is 1. The van der Waals surface area contributed by atoms with Gasteiger partial charge in [0.05, 0.1) is 18.5 Å². The van der Waals surface area contributed by atoms with E-state index in [1.165, 1.54) is 0 Å². The molecule has 2 aromatic rings. The summed E-state index contributed by atoms with van der Waals surface area (Å²) in [5.41, 5.74) is 2.05. The van der Waals surface area contributed by atoms with Crippen molar-refractivity contribution in [2.75, 3.05) is 11.9 Å². The minimum atomic E-state index is -0.297. The number of carbonyl (C=O) groups is 1. The van der Waals surface area contributed by atoms with Gasteiger partial charge in [0.1, 0.15) is 5.75 Å². The summed E-state index contributed by atoms with van der Waals surface area (Å²) in [4.78, 5) is 11.8. The number of rotatable bonds is 6. The van der Waals surface area contributed by atoms with Crippen molar-refractivity contribution in [2.45, 2.75) is 32.9 Å². The molecule has 1 aromatic carbocycles. The lowest BCUT2D eigenvalue weighted by molar-refractivity contribution is 0.252. The molecule has 124 valence electrons. The van der Waals surface area contributed by atoms with E-state index in [1.807, 2.05) is 13.8 Å². The second-order valence-corrected chi connectivity index (χ2v) is 5.55. The SMILES string of the molecule is CC(C)n1cc(NC(=O)NCCc2ccc(O)c(CO)c2)cn1. The average molecular weight is 318 g/mol. The summed E-state index contributed by atoms with van der Waals surface area (Å²) < 4.78 is 1.77. The lowest BCUT2D eigenvalue weighted by Crippen LogP contribution is -2.30. The molecule has 7 nitrogen and oxygen atoms in total. The van der Waals surface area contributed by atoms with Crippen LogP contribution in [0.15, 0.2) is 30.6 Å². The number of phenols is 1. The van der Waals surface area contributed by atoms with Crippen molar-refractivity contribution in [3.63, 3.8) is 0 Å². The molecule has 1 aromatic heterocycles. The summed E-state index contributed by atoms with van der Waals surface area (Å²) in [6.07, 6.45) is 3.98. The molecule has 0 aliphatic heterocycles. The van der Waals surface area contributed by atoms with E-state index in [4.69, 9.17) is 5.11 Å². The standard InChI is InChI=1S/C16H22N4O3/c1-11(2)20-9-14(8-18-20)19-16(23)17-6-5-12-3-4-15(22)13(7-12)10-21/h3-4,7-9,11,21-22H,5-6,10H2,1-2H3,(H2,17,19,23). The van der Waals surface area contributed by atoms with Crippen LogP contribution >= 0.6 is 0 Å². The van der Waals surface area contributed by atoms with Gasteiger partial charge < -0.3 is 20.8 Å². The summed E-state index contributed by atoms with van der Waals surface area (Å²) in [6.45, 7) is 4.25. The number of hydrogen-bond acceptors (Lipinski definition) is 4. The van der Waals surface area contributed by atoms with Crippen molar-refractivity contribution in [3.8, 4) is 5.75 Å². The first-order chi connectivity index (χ1) is 11.0. The van der Waals surface area contributed by atoms with Gasteiger partial charge in [-0.25, -0.2) is 4.79 Å². The van der Waals surface area contributed by atoms with Gasteiger partial charge in [0, 0.05) is 24.3 Å². The van der Waals surface area contributed by atoms with Gasteiger partial charge in [-0.1, -0.05) is 6.07 Å². The number of aliphatic hydroxyl groups is 1. The van der Waals surface area contributed by atoms with Crippen molar-refractivity contribution < 1.29 is 15.0 Å². The first-order valence-corrected chi connectivity index (χ1v) is 7.50. The molecule has 0 unspecified atom stereocenters. The van der Waals surface area contributed by atoms with Crippen molar-refractivity contribution >= 4 is 11.7 Å². The van der Waals surface area contributed by atoms with E-state index in [2.05, 4.69) is 15.7 Å². The Bertz CT molecular complexity index is 667. The van der Waals surface area contributed by atoms with Gasteiger partial charge in [0.2, 0.25) is 0 Å². The molecule has 0 bridgehead atoms. The number of aromatic hydroxyl groups is 1. The second kappa shape index (κ2) is 7.64. The fraction of sp³-hybridized carbons (Fsp3) is 0.375. The van der Waals surface area contributed by atoms with Crippen molar-refractivity contribution in [1.29, 1.82) is 0 Å². The normalized spacial score (nSPS) is 10.8. The highest BCUT2D eigenvalue weighted by Crippen LogP contribution is 2.18. The van der Waals surface area contributed by atoms with Crippen LogP contribution in [0.4, 0.5) is 10.5 Å². The van der Waals surface area contributed by atoms with Crippen LogP contribution in [0, 0.1) is 0 Å². The fourth-order valence-electron chi connectivity index (χ4n) is 2.10. The molecule has 0 aliphatic rings. The Morgan fingerprint density at radius 2 is 2.17 bits per heavy atom. The highest BCUT2D eigenvalue weighted by atomic mass is 16.3. The summed E-state index contributed by atoms with van der Waals surface area (Å²) >= 11 is 0. The molecule has 23 heavy (non-hydrogen) atoms. The first kappa shape index (κ1) is 16.8. The molecule has 1 heterocycles. The zero-order chi connectivity index (χ0) is 16.8. The number of nitrogens with one attached hydrogen (secondary N) is 2. The predicted octanol–water partition coefficient (Wildman–Crippen LogP) is 2.03. The number of carbonyl (C=O) groups excluding carboxylic acids is 1. The monoisotopic (exact) mass is 318 g/mol. The maximum Gasteiger partial charge on any atom is 0.319 e. The van der Waals surface area contributed by atoms with E-state index in [-0.39, 0.29) is 24.4 Å². The van der Waals surface area contributed by atoms with Crippen molar-refractivity contribution in [2.24, 2.45) is 0 Å². The van der Waals surface area contributed by atoms with Crippen LogP contribution in [-0.2, 0) is 13.0 Å². The second-order valence-electron chi connectivity index (χ2n) is 5.55. The number of amides is 2. The van der Waals surface area contributed by atoms with Crippen LogP contribution in [0.2, 0.25) is 0 Å². The Balaban J connectivity index is 1.80. The lowest BCUT2D eigenvalue weighted by atomic mass is 10.1. The van der Waals surface area contributed by atoms with Crippen LogP contribution in [0.25, 0.3) is 0 Å². The van der Waals surface area contributed by atoms with E-state index in [0.29, 0.717) is 24.2 Å². The van der Waals surface area contributed by atoms with E-state index < -0.39 is 0 Å². The minimum Gasteiger partial charge on any atom is -0.508 e. The van der Waals surface area contributed by atoms with Crippen LogP contribution in [0.5, 0.6) is 5.75 Å². The van der Waals surface area contributed by atoms with Crippen LogP contribution in [-0.4, -0.2) is 32.6 Å². The number of hydrogen-bond donors (Lipinski definition) is 4. The number of aromatic nitrogens is 2. The van der Waals surface area contributed by atoms with E-state index >= 15 is 0 Å². The van der Waals surface area contributed by atoms with Gasteiger partial charge in [0.25, 0.3) is 0 Å². The largest absolute Gasteiger partial charge is 0.508 e. The Hall–Kier alpha value is -2.54. The quantitative estimate of drug-likeness (QED) is 0.655. The maximum absolute atomic E-state index is 11.8. The molecule has 2 amide bonds. The summed E-state index contributed by atoms with van der Waals surface area (Å²) in [5.74, 6) is 0.0733. The number of nitrogens with zero attached hydrogens (tertiary/aromatic N) is 2. The smallest absolute Gasteiger partial charge is 0.319 e. The summed E-state index contributed by atoms with van der Waals surface area (Å²) in [7, 11) is 0. The molecule has 0 saturated heterocycles. The molecule has 7 heteroatoms. The number of anilines is 1. The van der Waals surface area contributed by atoms with Gasteiger partial charge in [0.15, 0.2) is 0 Å². The molecule has 4 N–H and O–H groups in total. The molecule has 0 fully saturated rings. The van der Waals surface area contributed by atoms with Crippen LogP contribution in [0.3, 0.4) is 0 Å². The molecule has 0 radical (unpaired) electrons. The third kappa shape index (κ3) is 4.72.